The molecule has 1 aliphatic rings. The first-order valence-corrected chi connectivity index (χ1v) is 8.45. The number of nitro benzene ring substituents is 2. The van der Waals surface area contributed by atoms with Crippen LogP contribution < -0.4 is 10.0 Å². The molecule has 0 aliphatic carbocycles. The van der Waals surface area contributed by atoms with Crippen LogP contribution in [0.15, 0.2) is 42.5 Å². The van der Waals surface area contributed by atoms with Gasteiger partial charge in [-0.1, -0.05) is 11.8 Å². The summed E-state index contributed by atoms with van der Waals surface area (Å²) < 4.78 is 0. The minimum absolute atomic E-state index is 0.206. The molecule has 12 nitrogen and oxygen atoms in total. The number of carboxylic acid groups (broad SMARTS) is 1. The zero-order valence-electron chi connectivity index (χ0n) is 15.1. The number of nitro groups is 2. The smallest absolute Gasteiger partial charge is 0.335 e. The maximum absolute atomic E-state index is 13.1. The summed E-state index contributed by atoms with van der Waals surface area (Å²) >= 11 is 0. The second-order valence-corrected chi connectivity index (χ2v) is 6.46. The van der Waals surface area contributed by atoms with Gasteiger partial charge in [0.2, 0.25) is 0 Å². The fraction of sp³-hybridized carbons (Fsp3) is 0. The molecule has 3 aromatic carbocycles. The predicted octanol–water partition coefficient (Wildman–Crippen LogP) is 2.23. The number of hydrogen-bond donors (Lipinski definition) is 1. The van der Waals surface area contributed by atoms with E-state index in [1.165, 1.54) is 0 Å². The summed E-state index contributed by atoms with van der Waals surface area (Å²) in [5, 5.41) is 43.0. The van der Waals surface area contributed by atoms with Crippen LogP contribution >= 0.6 is 0 Å². The van der Waals surface area contributed by atoms with Gasteiger partial charge in [0.1, 0.15) is 5.39 Å². The number of non-ortho nitro benzene ring substituents is 2. The minimum atomic E-state index is -1.56. The first-order chi connectivity index (χ1) is 14.6. The highest BCUT2D eigenvalue weighted by Crippen LogP contribution is 2.41. The van der Waals surface area contributed by atoms with Gasteiger partial charge in [-0.25, -0.2) is 9.69 Å². The van der Waals surface area contributed by atoms with Crippen LogP contribution in [0.25, 0.3) is 10.8 Å². The van der Waals surface area contributed by atoms with Crippen molar-refractivity contribution in [2.45, 2.75) is 0 Å². The number of rotatable bonds is 4. The molecule has 0 unspecified atom stereocenters. The molecule has 0 aromatic heterocycles. The van der Waals surface area contributed by atoms with Crippen LogP contribution in [0.5, 0.6) is 5.75 Å². The Kier molecular flexibility index (Phi) is 4.13. The summed E-state index contributed by atoms with van der Waals surface area (Å²) in [6, 6.07) is 6.80. The maximum Gasteiger partial charge on any atom is 0.335 e. The lowest BCUT2D eigenvalue weighted by atomic mass is 9.91. The molecule has 0 bridgehead atoms. The van der Waals surface area contributed by atoms with Crippen molar-refractivity contribution in [3.8, 4) is 5.75 Å². The lowest BCUT2D eigenvalue weighted by Crippen LogP contribution is -2.40. The Morgan fingerprint density at radius 2 is 1.35 bits per heavy atom. The molecule has 1 heterocycles. The average Bonchev–Trinajstić information content (AvgIpc) is 2.71. The molecule has 1 N–H and O–H groups in total. The first kappa shape index (κ1) is 19.4. The standard InChI is InChI=1S/C19H9N3O9/c23-14-6-1-8(7-11(14)19(26)27)20-17(24)9-2-4-12(21(28)29)16-13(22(30)31)5-3-10(15(9)16)18(20)25/h1-7,23H,(H,26,27)/p-1. The van der Waals surface area contributed by atoms with Gasteiger partial charge in [0, 0.05) is 28.6 Å². The monoisotopic (exact) mass is 422 g/mol. The maximum atomic E-state index is 13.1. The van der Waals surface area contributed by atoms with Crippen LogP contribution in [0, 0.1) is 20.2 Å². The van der Waals surface area contributed by atoms with Crippen LogP contribution in [-0.4, -0.2) is 32.7 Å². The van der Waals surface area contributed by atoms with Crippen LogP contribution in [0.4, 0.5) is 17.1 Å². The summed E-state index contributed by atoms with van der Waals surface area (Å²) in [4.78, 5) is 59.2. The first-order valence-electron chi connectivity index (χ1n) is 8.45. The number of benzene rings is 3. The van der Waals surface area contributed by atoms with Gasteiger partial charge < -0.3 is 10.2 Å². The van der Waals surface area contributed by atoms with Crippen LogP contribution in [-0.2, 0) is 0 Å². The Morgan fingerprint density at radius 3 is 1.81 bits per heavy atom. The van der Waals surface area contributed by atoms with Crippen molar-refractivity contribution in [1.29, 1.82) is 0 Å². The van der Waals surface area contributed by atoms with Gasteiger partial charge in [-0.2, -0.15) is 0 Å². The van der Waals surface area contributed by atoms with Crippen molar-refractivity contribution < 1.29 is 34.4 Å². The van der Waals surface area contributed by atoms with E-state index in [0.29, 0.717) is 4.90 Å². The SMILES string of the molecule is O=C(O)c1cc(N2C(=O)c3ccc([N+](=O)[O-])c4c([N+](=O)[O-])ccc(c34)C2=O)ccc1[O-]. The van der Waals surface area contributed by atoms with E-state index in [-0.39, 0.29) is 22.2 Å². The number of nitrogens with zero attached hydrogens (tertiary/aromatic N) is 3. The highest BCUT2D eigenvalue weighted by molar-refractivity contribution is 6.37. The van der Waals surface area contributed by atoms with E-state index in [4.69, 9.17) is 5.11 Å². The Morgan fingerprint density at radius 1 is 0.839 bits per heavy atom. The molecule has 0 radical (unpaired) electrons. The molecule has 0 atom stereocenters. The van der Waals surface area contributed by atoms with E-state index in [9.17, 15) is 39.7 Å². The van der Waals surface area contributed by atoms with E-state index >= 15 is 0 Å². The number of carbonyl (C=O) groups excluding carboxylic acids is 2. The number of imide groups is 1. The highest BCUT2D eigenvalue weighted by atomic mass is 16.6. The third-order valence-corrected chi connectivity index (χ3v) is 4.83. The van der Waals surface area contributed by atoms with Gasteiger partial charge in [0.25, 0.3) is 23.2 Å². The molecule has 0 saturated carbocycles. The number of anilines is 1. The third kappa shape index (κ3) is 2.73. The topological polar surface area (TPSA) is 184 Å². The molecule has 154 valence electrons. The van der Waals surface area contributed by atoms with Crippen LogP contribution in [0.2, 0.25) is 0 Å². The van der Waals surface area contributed by atoms with Gasteiger partial charge in [-0.05, 0) is 24.3 Å². The summed E-state index contributed by atoms with van der Waals surface area (Å²) in [6.07, 6.45) is 0. The number of amides is 2. The summed E-state index contributed by atoms with van der Waals surface area (Å²) in [6.45, 7) is 0. The van der Waals surface area contributed by atoms with Crippen molar-refractivity contribution in [1.82, 2.24) is 0 Å². The quantitative estimate of drug-likeness (QED) is 0.374. The molecule has 0 spiro atoms. The second kappa shape index (κ2) is 6.59. The highest BCUT2D eigenvalue weighted by Gasteiger charge is 2.38. The zero-order valence-corrected chi connectivity index (χ0v) is 15.1. The second-order valence-electron chi connectivity index (χ2n) is 6.46. The molecule has 31 heavy (non-hydrogen) atoms. The molecule has 0 saturated heterocycles. The minimum Gasteiger partial charge on any atom is -0.872 e. The lowest BCUT2D eigenvalue weighted by molar-refractivity contribution is -0.390. The van der Waals surface area contributed by atoms with E-state index in [1.807, 2.05) is 0 Å². The molecule has 0 fully saturated rings. The van der Waals surface area contributed by atoms with Crippen LogP contribution in [0.3, 0.4) is 0 Å². The molecular formula is C19H8N3O9-. The number of carboxylic acids is 1. The average molecular weight is 422 g/mol. The molecule has 2 amide bonds. The third-order valence-electron chi connectivity index (χ3n) is 4.83. The summed E-state index contributed by atoms with van der Waals surface area (Å²) in [5.41, 5.74) is -2.61. The van der Waals surface area contributed by atoms with E-state index in [0.717, 1.165) is 42.5 Å². The normalized spacial score (nSPS) is 12.8. The molecule has 1 aliphatic heterocycles. The van der Waals surface area contributed by atoms with Crippen LogP contribution in [0.1, 0.15) is 31.1 Å². The van der Waals surface area contributed by atoms with Crippen molar-refractivity contribution in [3.05, 3.63) is 79.4 Å². The zero-order chi connectivity index (χ0) is 22.6. The van der Waals surface area contributed by atoms with Crippen molar-refractivity contribution in [3.63, 3.8) is 0 Å². The number of hydrogen-bond acceptors (Lipinski definition) is 8. The Labute approximate surface area is 170 Å². The molecular weight excluding hydrogens is 414 g/mol. The van der Waals surface area contributed by atoms with Gasteiger partial charge in [-0.3, -0.25) is 29.8 Å². The summed E-state index contributed by atoms with van der Waals surface area (Å²) in [7, 11) is 0. The van der Waals surface area contributed by atoms with E-state index in [2.05, 4.69) is 0 Å². The largest absolute Gasteiger partial charge is 0.872 e. The van der Waals surface area contributed by atoms with E-state index < -0.39 is 55.7 Å². The van der Waals surface area contributed by atoms with Crippen molar-refractivity contribution >= 4 is 45.6 Å². The van der Waals surface area contributed by atoms with Gasteiger partial charge >= 0.3 is 5.97 Å². The van der Waals surface area contributed by atoms with Gasteiger partial charge in [-0.15, -0.1) is 0 Å². The van der Waals surface area contributed by atoms with E-state index in [1.54, 1.807) is 0 Å². The summed E-state index contributed by atoms with van der Waals surface area (Å²) in [5.74, 6) is -4.35. The molecule has 4 rings (SSSR count). The van der Waals surface area contributed by atoms with Crippen molar-refractivity contribution in [2.24, 2.45) is 0 Å². The Balaban J connectivity index is 2.02. The fourth-order valence-corrected chi connectivity index (χ4v) is 3.51. The predicted molar refractivity (Wildman–Crippen MR) is 101 cm³/mol. The fourth-order valence-electron chi connectivity index (χ4n) is 3.51. The van der Waals surface area contributed by atoms with Crippen molar-refractivity contribution in [2.75, 3.05) is 4.90 Å². The molecule has 12 heteroatoms. The number of carbonyl (C=O) groups is 3. The number of aromatic carboxylic acids is 1. The van der Waals surface area contributed by atoms with Gasteiger partial charge in [0.05, 0.1) is 21.1 Å². The lowest BCUT2D eigenvalue weighted by Gasteiger charge is -2.27. The Hall–Kier alpha value is -4.87. The van der Waals surface area contributed by atoms with Gasteiger partial charge in [0.15, 0.2) is 0 Å². The Bertz CT molecular complexity index is 1310. The molecule has 3 aromatic rings.